The quantitative estimate of drug-likeness (QED) is 0.488. The van der Waals surface area contributed by atoms with Gasteiger partial charge in [-0.2, -0.15) is 0 Å². The Morgan fingerprint density at radius 1 is 1.07 bits per heavy atom. The van der Waals surface area contributed by atoms with Crippen molar-refractivity contribution in [3.05, 3.63) is 76.7 Å². The van der Waals surface area contributed by atoms with Crippen LogP contribution in [0, 0.1) is 6.92 Å². The number of imidazole rings is 1. The summed E-state index contributed by atoms with van der Waals surface area (Å²) in [5.41, 5.74) is 4.23. The molecule has 5 heteroatoms. The number of hydrogen-bond acceptors (Lipinski definition) is 3. The van der Waals surface area contributed by atoms with Gasteiger partial charge in [-0.15, -0.1) is 11.3 Å². The Morgan fingerprint density at radius 2 is 1.85 bits per heavy atom. The van der Waals surface area contributed by atoms with Gasteiger partial charge in [0, 0.05) is 18.7 Å². The van der Waals surface area contributed by atoms with Crippen LogP contribution in [0.2, 0.25) is 0 Å². The van der Waals surface area contributed by atoms with E-state index in [1.165, 1.54) is 11.3 Å². The molecule has 0 spiro atoms. The Balaban J connectivity index is 1.38. The number of aryl methyl sites for hydroxylation is 2. The third-order valence-electron chi connectivity index (χ3n) is 4.65. The van der Waals surface area contributed by atoms with Gasteiger partial charge in [0.1, 0.15) is 5.82 Å². The number of benzene rings is 2. The zero-order valence-electron chi connectivity index (χ0n) is 15.2. The number of carbonyl (C=O) groups excluding carboxylic acids is 1. The van der Waals surface area contributed by atoms with E-state index in [-0.39, 0.29) is 5.91 Å². The monoisotopic (exact) mass is 375 g/mol. The number of nitrogens with zero attached hydrogens (tertiary/aromatic N) is 2. The number of hydrogen-bond donors (Lipinski definition) is 1. The molecule has 0 aliphatic carbocycles. The van der Waals surface area contributed by atoms with Gasteiger partial charge < -0.3 is 9.88 Å². The fourth-order valence-electron chi connectivity index (χ4n) is 3.33. The number of carbonyl (C=O) groups is 1. The first-order valence-electron chi connectivity index (χ1n) is 9.07. The van der Waals surface area contributed by atoms with Gasteiger partial charge in [0.15, 0.2) is 0 Å². The molecule has 0 unspecified atom stereocenters. The van der Waals surface area contributed by atoms with Crippen LogP contribution in [0.15, 0.2) is 66.0 Å². The summed E-state index contributed by atoms with van der Waals surface area (Å²) >= 11 is 1.49. The third kappa shape index (κ3) is 3.64. The zero-order chi connectivity index (χ0) is 18.6. The summed E-state index contributed by atoms with van der Waals surface area (Å²) in [6, 6.07) is 20.2. The lowest BCUT2D eigenvalue weighted by atomic mass is 10.1. The maximum atomic E-state index is 12.6. The van der Waals surface area contributed by atoms with Crippen molar-refractivity contribution in [3.63, 3.8) is 0 Å². The van der Waals surface area contributed by atoms with Crippen molar-refractivity contribution in [1.82, 2.24) is 14.9 Å². The first kappa shape index (κ1) is 17.5. The van der Waals surface area contributed by atoms with Crippen LogP contribution in [-0.4, -0.2) is 22.0 Å². The van der Waals surface area contributed by atoms with E-state index < -0.39 is 0 Å². The Kier molecular flexibility index (Phi) is 5.03. The Bertz CT molecular complexity index is 1070. The van der Waals surface area contributed by atoms with Crippen LogP contribution in [0.1, 0.15) is 21.9 Å². The van der Waals surface area contributed by atoms with E-state index in [4.69, 9.17) is 0 Å². The zero-order valence-corrected chi connectivity index (χ0v) is 16.0. The second kappa shape index (κ2) is 7.76. The van der Waals surface area contributed by atoms with Gasteiger partial charge in [0.05, 0.1) is 15.9 Å². The van der Waals surface area contributed by atoms with Crippen LogP contribution in [0.4, 0.5) is 0 Å². The average Bonchev–Trinajstić information content (AvgIpc) is 3.30. The molecule has 0 saturated heterocycles. The maximum Gasteiger partial charge on any atom is 0.261 e. The summed E-state index contributed by atoms with van der Waals surface area (Å²) in [5.74, 6) is 1.00. The molecule has 0 fully saturated rings. The molecule has 4 aromatic rings. The molecule has 0 atom stereocenters. The standard InChI is InChI=1S/C22H21N3OS/c1-16-24-19-10-5-6-11-20(19)25(16)14-7-13-23-22(26)21-18(12-15-27-21)17-8-3-2-4-9-17/h2-6,8-12,15H,7,13-14H2,1H3,(H,23,26). The summed E-state index contributed by atoms with van der Waals surface area (Å²) in [4.78, 5) is 18.0. The van der Waals surface area contributed by atoms with Crippen LogP contribution in [0.3, 0.4) is 0 Å². The van der Waals surface area contributed by atoms with Crippen molar-refractivity contribution in [3.8, 4) is 11.1 Å². The largest absolute Gasteiger partial charge is 0.351 e. The summed E-state index contributed by atoms with van der Waals surface area (Å²) in [5, 5.41) is 5.03. The van der Waals surface area contributed by atoms with Crippen molar-refractivity contribution in [2.24, 2.45) is 0 Å². The lowest BCUT2D eigenvalue weighted by Gasteiger charge is -2.09. The van der Waals surface area contributed by atoms with E-state index in [1.54, 1.807) is 0 Å². The SMILES string of the molecule is Cc1nc2ccccc2n1CCCNC(=O)c1sccc1-c1ccccc1. The minimum atomic E-state index is -0.00364. The van der Waals surface area contributed by atoms with E-state index >= 15 is 0 Å². The normalized spacial score (nSPS) is 11.0. The fraction of sp³-hybridized carbons (Fsp3) is 0.182. The molecule has 136 valence electrons. The van der Waals surface area contributed by atoms with Crippen LogP contribution in [0.5, 0.6) is 0 Å². The first-order valence-corrected chi connectivity index (χ1v) is 9.95. The van der Waals surface area contributed by atoms with Gasteiger partial charge in [-0.25, -0.2) is 4.98 Å². The molecule has 4 nitrogen and oxygen atoms in total. The molecule has 0 bridgehead atoms. The first-order chi connectivity index (χ1) is 13.2. The highest BCUT2D eigenvalue weighted by Crippen LogP contribution is 2.28. The topological polar surface area (TPSA) is 46.9 Å². The van der Waals surface area contributed by atoms with Gasteiger partial charge >= 0.3 is 0 Å². The number of rotatable bonds is 6. The molecule has 0 aliphatic heterocycles. The predicted octanol–water partition coefficient (Wildman–Crippen LogP) is 4.89. The lowest BCUT2D eigenvalue weighted by Crippen LogP contribution is -2.25. The molecule has 4 rings (SSSR count). The Labute approximate surface area is 162 Å². The summed E-state index contributed by atoms with van der Waals surface area (Å²) in [7, 11) is 0. The van der Waals surface area contributed by atoms with Crippen molar-refractivity contribution in [2.75, 3.05) is 6.54 Å². The molecule has 2 aromatic heterocycles. The van der Waals surface area contributed by atoms with E-state index in [0.29, 0.717) is 6.54 Å². The number of amides is 1. The van der Waals surface area contributed by atoms with Gasteiger partial charge in [-0.05, 0) is 42.5 Å². The molecule has 0 radical (unpaired) electrons. The third-order valence-corrected chi connectivity index (χ3v) is 5.56. The van der Waals surface area contributed by atoms with Gasteiger partial charge in [-0.3, -0.25) is 4.79 Å². The van der Waals surface area contributed by atoms with Crippen molar-refractivity contribution in [1.29, 1.82) is 0 Å². The van der Waals surface area contributed by atoms with Crippen LogP contribution in [0.25, 0.3) is 22.2 Å². The van der Waals surface area contributed by atoms with Crippen molar-refractivity contribution < 1.29 is 4.79 Å². The van der Waals surface area contributed by atoms with Crippen LogP contribution >= 0.6 is 11.3 Å². The Hall–Kier alpha value is -2.92. The van der Waals surface area contributed by atoms with Crippen molar-refractivity contribution >= 4 is 28.3 Å². The minimum absolute atomic E-state index is 0.00364. The number of nitrogens with one attached hydrogen (secondary N) is 1. The van der Waals surface area contributed by atoms with E-state index in [2.05, 4.69) is 20.9 Å². The van der Waals surface area contributed by atoms with Gasteiger partial charge in [0.2, 0.25) is 0 Å². The highest BCUT2D eigenvalue weighted by Gasteiger charge is 2.14. The molecule has 2 heterocycles. The summed E-state index contributed by atoms with van der Waals surface area (Å²) in [6.45, 7) is 3.50. The number of aromatic nitrogens is 2. The maximum absolute atomic E-state index is 12.6. The molecule has 2 aromatic carbocycles. The summed E-state index contributed by atoms with van der Waals surface area (Å²) in [6.07, 6.45) is 0.860. The molecule has 0 saturated carbocycles. The number of thiophene rings is 1. The highest BCUT2D eigenvalue weighted by molar-refractivity contribution is 7.12. The van der Waals surface area contributed by atoms with E-state index in [1.807, 2.05) is 66.9 Å². The molecular weight excluding hydrogens is 354 g/mol. The number of fused-ring (bicyclic) bond motifs is 1. The van der Waals surface area contributed by atoms with Crippen molar-refractivity contribution in [2.45, 2.75) is 19.9 Å². The number of para-hydroxylation sites is 2. The van der Waals surface area contributed by atoms with E-state index in [0.717, 1.165) is 45.8 Å². The molecular formula is C22H21N3OS. The second-order valence-electron chi connectivity index (χ2n) is 6.44. The molecule has 1 amide bonds. The van der Waals surface area contributed by atoms with Gasteiger partial charge in [-0.1, -0.05) is 42.5 Å². The average molecular weight is 375 g/mol. The van der Waals surface area contributed by atoms with Crippen LogP contribution in [-0.2, 0) is 6.54 Å². The molecule has 1 N–H and O–H groups in total. The smallest absolute Gasteiger partial charge is 0.261 e. The lowest BCUT2D eigenvalue weighted by molar-refractivity contribution is 0.0957. The van der Waals surface area contributed by atoms with Gasteiger partial charge in [0.25, 0.3) is 5.91 Å². The fourth-order valence-corrected chi connectivity index (χ4v) is 4.16. The molecule has 27 heavy (non-hydrogen) atoms. The minimum Gasteiger partial charge on any atom is -0.351 e. The summed E-state index contributed by atoms with van der Waals surface area (Å²) < 4.78 is 2.21. The second-order valence-corrected chi connectivity index (χ2v) is 7.35. The molecule has 0 aliphatic rings. The Morgan fingerprint density at radius 3 is 2.70 bits per heavy atom. The van der Waals surface area contributed by atoms with E-state index in [9.17, 15) is 4.79 Å². The van der Waals surface area contributed by atoms with Crippen LogP contribution < -0.4 is 5.32 Å². The highest BCUT2D eigenvalue weighted by atomic mass is 32.1. The predicted molar refractivity (Wildman–Crippen MR) is 111 cm³/mol.